The van der Waals surface area contributed by atoms with Gasteiger partial charge in [-0.3, -0.25) is 15.1 Å². The molecule has 0 fully saturated rings. The smallest absolute Gasteiger partial charge is 0.412 e. The Kier molecular flexibility index (Phi) is 4.87. The molecule has 0 aliphatic heterocycles. The van der Waals surface area contributed by atoms with Crippen LogP contribution in [0.25, 0.3) is 17.4 Å². The standard InChI is InChI=1S/C17H19N5O4/c1-4-25-17(24)19-14-8-12(13-6-5-7-26-13)21-22(14)16-18-11(10(2)3)9-15(23)20-16/h5-10H,4H2,1-3H3,(H,19,24)(H,18,20,23). The molecule has 26 heavy (non-hydrogen) atoms. The van der Waals surface area contributed by atoms with Gasteiger partial charge in [0.1, 0.15) is 11.5 Å². The van der Waals surface area contributed by atoms with Crippen molar-refractivity contribution in [3.05, 3.63) is 46.6 Å². The average Bonchev–Trinajstić information content (AvgIpc) is 3.23. The van der Waals surface area contributed by atoms with Crippen LogP contribution in [0.1, 0.15) is 32.4 Å². The highest BCUT2D eigenvalue weighted by Crippen LogP contribution is 2.24. The summed E-state index contributed by atoms with van der Waals surface area (Å²) in [6, 6.07) is 6.51. The predicted octanol–water partition coefficient (Wildman–Crippen LogP) is 2.91. The quantitative estimate of drug-likeness (QED) is 0.725. The van der Waals surface area contributed by atoms with Crippen LogP contribution in [-0.2, 0) is 4.74 Å². The minimum absolute atomic E-state index is 0.0534. The number of hydrogen-bond acceptors (Lipinski definition) is 6. The molecule has 3 rings (SSSR count). The third-order valence-electron chi connectivity index (χ3n) is 3.53. The maximum Gasteiger partial charge on any atom is 0.412 e. The molecule has 9 heteroatoms. The van der Waals surface area contributed by atoms with E-state index in [4.69, 9.17) is 9.15 Å². The first kappa shape index (κ1) is 17.5. The van der Waals surface area contributed by atoms with Crippen LogP contribution in [0.3, 0.4) is 0 Å². The molecule has 2 N–H and O–H groups in total. The molecule has 0 saturated heterocycles. The van der Waals surface area contributed by atoms with Crippen molar-refractivity contribution in [1.82, 2.24) is 19.7 Å². The number of amides is 1. The normalized spacial score (nSPS) is 10.9. The fraction of sp³-hybridized carbons (Fsp3) is 0.294. The van der Waals surface area contributed by atoms with E-state index in [1.165, 1.54) is 17.0 Å². The number of H-pyrrole nitrogens is 1. The number of ether oxygens (including phenoxy) is 1. The van der Waals surface area contributed by atoms with Crippen LogP contribution >= 0.6 is 0 Å². The van der Waals surface area contributed by atoms with Gasteiger partial charge in [-0.05, 0) is 25.0 Å². The highest BCUT2D eigenvalue weighted by Gasteiger charge is 2.18. The molecule has 1 amide bonds. The second-order valence-electron chi connectivity index (χ2n) is 5.80. The van der Waals surface area contributed by atoms with E-state index in [0.717, 1.165) is 0 Å². The Morgan fingerprint density at radius 1 is 1.42 bits per heavy atom. The Hall–Kier alpha value is -3.36. The first-order valence-electron chi connectivity index (χ1n) is 8.17. The zero-order valence-corrected chi connectivity index (χ0v) is 14.6. The van der Waals surface area contributed by atoms with E-state index in [1.54, 1.807) is 25.1 Å². The largest absolute Gasteiger partial charge is 0.463 e. The summed E-state index contributed by atoms with van der Waals surface area (Å²) in [4.78, 5) is 30.9. The molecule has 0 radical (unpaired) electrons. The number of carbonyl (C=O) groups is 1. The second kappa shape index (κ2) is 7.26. The summed E-state index contributed by atoms with van der Waals surface area (Å²) in [7, 11) is 0. The summed E-state index contributed by atoms with van der Waals surface area (Å²) < 4.78 is 11.6. The average molecular weight is 357 g/mol. The SMILES string of the molecule is CCOC(=O)Nc1cc(-c2ccco2)nn1-c1nc(C(C)C)cc(=O)[nH]1. The Morgan fingerprint density at radius 2 is 2.23 bits per heavy atom. The number of aromatic amines is 1. The molecule has 0 bridgehead atoms. The summed E-state index contributed by atoms with van der Waals surface area (Å²) in [6.45, 7) is 5.79. The molecule has 0 atom stereocenters. The number of carbonyl (C=O) groups excluding carboxylic acids is 1. The van der Waals surface area contributed by atoms with Crippen molar-refractivity contribution in [2.75, 3.05) is 11.9 Å². The number of aromatic nitrogens is 4. The molecule has 0 aliphatic rings. The van der Waals surface area contributed by atoms with Gasteiger partial charge in [-0.2, -0.15) is 9.78 Å². The lowest BCUT2D eigenvalue weighted by atomic mass is 10.1. The van der Waals surface area contributed by atoms with Gasteiger partial charge in [0, 0.05) is 12.1 Å². The summed E-state index contributed by atoms with van der Waals surface area (Å²) in [5.74, 6) is 1.04. The zero-order chi connectivity index (χ0) is 18.7. The van der Waals surface area contributed by atoms with Gasteiger partial charge >= 0.3 is 6.09 Å². The van der Waals surface area contributed by atoms with Crippen molar-refractivity contribution in [2.45, 2.75) is 26.7 Å². The van der Waals surface area contributed by atoms with E-state index in [1.807, 2.05) is 13.8 Å². The molecule has 0 spiro atoms. The van der Waals surface area contributed by atoms with E-state index in [-0.39, 0.29) is 24.0 Å². The zero-order valence-electron chi connectivity index (χ0n) is 14.6. The molecule has 9 nitrogen and oxygen atoms in total. The third-order valence-corrected chi connectivity index (χ3v) is 3.53. The maximum atomic E-state index is 12.0. The molecule has 0 aromatic carbocycles. The van der Waals surface area contributed by atoms with Gasteiger partial charge in [0.15, 0.2) is 5.76 Å². The van der Waals surface area contributed by atoms with Gasteiger partial charge in [0.05, 0.1) is 18.6 Å². The molecule has 3 aromatic heterocycles. The van der Waals surface area contributed by atoms with Crippen molar-refractivity contribution in [3.8, 4) is 17.4 Å². The topological polar surface area (TPSA) is 115 Å². The van der Waals surface area contributed by atoms with E-state index >= 15 is 0 Å². The van der Waals surface area contributed by atoms with Crippen LogP contribution in [0.4, 0.5) is 10.6 Å². The van der Waals surface area contributed by atoms with Crippen LogP contribution in [0.15, 0.2) is 39.7 Å². The second-order valence-corrected chi connectivity index (χ2v) is 5.80. The van der Waals surface area contributed by atoms with E-state index in [2.05, 4.69) is 20.4 Å². The number of hydrogen-bond donors (Lipinski definition) is 2. The van der Waals surface area contributed by atoms with E-state index in [9.17, 15) is 9.59 Å². The predicted molar refractivity (Wildman–Crippen MR) is 94.4 cm³/mol. The lowest BCUT2D eigenvalue weighted by molar-refractivity contribution is 0.167. The van der Waals surface area contributed by atoms with Crippen LogP contribution in [0.5, 0.6) is 0 Å². The van der Waals surface area contributed by atoms with Crippen molar-refractivity contribution in [3.63, 3.8) is 0 Å². The monoisotopic (exact) mass is 357 g/mol. The molecule has 3 heterocycles. The molecule has 0 aliphatic carbocycles. The van der Waals surface area contributed by atoms with Gasteiger partial charge in [0.2, 0.25) is 5.95 Å². The maximum absolute atomic E-state index is 12.0. The molecule has 3 aromatic rings. The van der Waals surface area contributed by atoms with Crippen LogP contribution in [0.2, 0.25) is 0 Å². The lowest BCUT2D eigenvalue weighted by Gasteiger charge is -2.10. The summed E-state index contributed by atoms with van der Waals surface area (Å²) >= 11 is 0. The molecule has 136 valence electrons. The van der Waals surface area contributed by atoms with Crippen LogP contribution in [0, 0.1) is 0 Å². The first-order valence-corrected chi connectivity index (χ1v) is 8.17. The fourth-order valence-electron chi connectivity index (χ4n) is 2.31. The fourth-order valence-corrected chi connectivity index (χ4v) is 2.31. The number of nitrogens with zero attached hydrogens (tertiary/aromatic N) is 3. The Labute approximate surface area is 149 Å². The molecular weight excluding hydrogens is 338 g/mol. The molecule has 0 unspecified atom stereocenters. The Bertz CT molecular complexity index is 956. The minimum atomic E-state index is -0.637. The summed E-state index contributed by atoms with van der Waals surface area (Å²) in [5, 5.41) is 6.99. The number of rotatable bonds is 5. The van der Waals surface area contributed by atoms with E-state index < -0.39 is 6.09 Å². The van der Waals surface area contributed by atoms with Crippen molar-refractivity contribution in [1.29, 1.82) is 0 Å². The van der Waals surface area contributed by atoms with Gasteiger partial charge < -0.3 is 9.15 Å². The van der Waals surface area contributed by atoms with Crippen molar-refractivity contribution in [2.24, 2.45) is 0 Å². The molecular formula is C17H19N5O4. The number of nitrogens with one attached hydrogen (secondary N) is 2. The minimum Gasteiger partial charge on any atom is -0.463 e. The Balaban J connectivity index is 2.10. The summed E-state index contributed by atoms with van der Waals surface area (Å²) in [6.07, 6.45) is 0.883. The van der Waals surface area contributed by atoms with Crippen molar-refractivity contribution >= 4 is 11.9 Å². The number of furan rings is 1. The highest BCUT2D eigenvalue weighted by molar-refractivity contribution is 5.84. The third kappa shape index (κ3) is 3.66. The number of anilines is 1. The van der Waals surface area contributed by atoms with Gasteiger partial charge in [-0.1, -0.05) is 13.8 Å². The van der Waals surface area contributed by atoms with Gasteiger partial charge in [-0.25, -0.2) is 9.78 Å². The molecule has 0 saturated carbocycles. The highest BCUT2D eigenvalue weighted by atomic mass is 16.5. The van der Waals surface area contributed by atoms with Gasteiger partial charge in [-0.15, -0.1) is 0 Å². The first-order chi connectivity index (χ1) is 12.5. The van der Waals surface area contributed by atoms with Crippen LogP contribution < -0.4 is 10.9 Å². The summed E-state index contributed by atoms with van der Waals surface area (Å²) in [5.41, 5.74) is 0.774. The van der Waals surface area contributed by atoms with E-state index in [0.29, 0.717) is 23.0 Å². The Morgan fingerprint density at radius 3 is 2.88 bits per heavy atom. The van der Waals surface area contributed by atoms with Crippen molar-refractivity contribution < 1.29 is 13.9 Å². The van der Waals surface area contributed by atoms with Gasteiger partial charge in [0.25, 0.3) is 5.56 Å². The van der Waals surface area contributed by atoms with Crippen LogP contribution in [-0.4, -0.2) is 32.4 Å². The lowest BCUT2D eigenvalue weighted by Crippen LogP contribution is -2.20.